The van der Waals surface area contributed by atoms with Crippen LogP contribution in [-0.4, -0.2) is 37.2 Å². The van der Waals surface area contributed by atoms with Gasteiger partial charge >= 0.3 is 17.9 Å². The molecule has 0 rings (SSSR count). The van der Waals surface area contributed by atoms with Gasteiger partial charge in [0.05, 0.1) is 0 Å². The van der Waals surface area contributed by atoms with Crippen molar-refractivity contribution in [2.24, 2.45) is 0 Å². The highest BCUT2D eigenvalue weighted by molar-refractivity contribution is 5.71. The first-order chi connectivity index (χ1) is 40.5. The summed E-state index contributed by atoms with van der Waals surface area (Å²) in [6.45, 7) is 6.51. The lowest BCUT2D eigenvalue weighted by atomic mass is 10.1. The maximum absolute atomic E-state index is 13.0. The lowest BCUT2D eigenvalue weighted by Crippen LogP contribution is -2.30. The Kier molecular flexibility index (Phi) is 65.8. The van der Waals surface area contributed by atoms with Gasteiger partial charge in [0.2, 0.25) is 0 Å². The molecule has 1 unspecified atom stereocenters. The van der Waals surface area contributed by atoms with Crippen molar-refractivity contribution in [2.45, 2.75) is 329 Å². The number of carbonyl (C=O) groups is 3. The van der Waals surface area contributed by atoms with E-state index in [0.717, 1.165) is 135 Å². The molecule has 1 atom stereocenters. The Morgan fingerprint density at radius 1 is 0.256 bits per heavy atom. The summed E-state index contributed by atoms with van der Waals surface area (Å²) in [5.41, 5.74) is 0. The van der Waals surface area contributed by atoms with Gasteiger partial charge in [-0.15, -0.1) is 0 Å². The predicted octanol–water partition coefficient (Wildman–Crippen LogP) is 23.9. The highest BCUT2D eigenvalue weighted by atomic mass is 16.6. The summed E-state index contributed by atoms with van der Waals surface area (Å²) >= 11 is 0. The highest BCUT2D eigenvalue weighted by Gasteiger charge is 2.19. The third kappa shape index (κ3) is 66.6. The summed E-state index contributed by atoms with van der Waals surface area (Å²) in [5.74, 6) is -0.911. The van der Waals surface area contributed by atoms with Crippen LogP contribution >= 0.6 is 0 Å². The molecule has 82 heavy (non-hydrogen) atoms. The van der Waals surface area contributed by atoms with Gasteiger partial charge in [0.1, 0.15) is 13.2 Å². The van der Waals surface area contributed by atoms with Crippen molar-refractivity contribution >= 4 is 17.9 Å². The molecule has 468 valence electrons. The molecular formula is C76H128O6. The molecule has 0 aromatic rings. The smallest absolute Gasteiger partial charge is 0.306 e. The minimum atomic E-state index is -0.797. The molecule has 0 N–H and O–H groups in total. The molecule has 0 saturated carbocycles. The first-order valence-electron chi connectivity index (χ1n) is 34.5. The lowest BCUT2D eigenvalue weighted by Gasteiger charge is -2.18. The molecule has 0 fully saturated rings. The first-order valence-corrected chi connectivity index (χ1v) is 34.5. The average Bonchev–Trinajstić information content (AvgIpc) is 3.47. The molecule has 0 amide bonds. The minimum absolute atomic E-state index is 0.0914. The van der Waals surface area contributed by atoms with Gasteiger partial charge in [-0.05, 0) is 135 Å². The largest absolute Gasteiger partial charge is 0.462 e. The number of ether oxygens (including phenoxy) is 3. The van der Waals surface area contributed by atoms with Gasteiger partial charge in [-0.2, -0.15) is 0 Å². The van der Waals surface area contributed by atoms with Crippen LogP contribution in [-0.2, 0) is 28.6 Å². The third-order valence-corrected chi connectivity index (χ3v) is 14.7. The fourth-order valence-electron chi connectivity index (χ4n) is 9.51. The molecule has 6 heteroatoms. The van der Waals surface area contributed by atoms with Crippen LogP contribution in [0, 0.1) is 0 Å². The highest BCUT2D eigenvalue weighted by Crippen LogP contribution is 2.16. The van der Waals surface area contributed by atoms with Crippen LogP contribution in [0.2, 0.25) is 0 Å². The van der Waals surface area contributed by atoms with E-state index >= 15 is 0 Å². The van der Waals surface area contributed by atoms with E-state index in [2.05, 4.69) is 142 Å². The fraction of sp³-hybridized carbons (Fsp3) is 0.697. The summed E-state index contributed by atoms with van der Waals surface area (Å²) in [4.78, 5) is 38.4. The Hall–Kier alpha value is -4.19. The Bertz CT molecular complexity index is 1690. The van der Waals surface area contributed by atoms with Crippen LogP contribution < -0.4 is 0 Å². The molecular weight excluding hydrogens is 1010 g/mol. The van der Waals surface area contributed by atoms with Gasteiger partial charge in [0.25, 0.3) is 0 Å². The Morgan fingerprint density at radius 2 is 0.476 bits per heavy atom. The van der Waals surface area contributed by atoms with Crippen LogP contribution in [0.3, 0.4) is 0 Å². The van der Waals surface area contributed by atoms with E-state index in [9.17, 15) is 14.4 Å². The van der Waals surface area contributed by atoms with E-state index in [4.69, 9.17) is 14.2 Å². The summed E-state index contributed by atoms with van der Waals surface area (Å²) in [7, 11) is 0. The molecule has 0 aliphatic carbocycles. The maximum Gasteiger partial charge on any atom is 0.306 e. The zero-order valence-electron chi connectivity index (χ0n) is 53.7. The standard InChI is InChI=1S/C76H128O6/c1-4-7-10-13-16-19-22-25-28-31-33-35-36-37-38-39-40-42-43-45-48-51-54-57-60-63-66-69-75(78)81-72-73(71-80-74(77)68-65-62-59-56-53-50-47-30-27-24-21-18-15-12-9-6-3)82-76(79)70-67-64-61-58-55-52-49-46-44-41-34-32-29-26-23-20-17-14-11-8-5-2/h7,10,16,19,23,25-26,28,30,32-35,37-38,40,42,44,46-47,73H,4-6,8-9,11-15,17-18,20-22,24,27,29,31,36,39,41,43,45,48-72H2,1-3H3/b10-7-,19-16-,26-23-,28-25-,34-32-,35-33-,38-37-,42-40-,46-44-,47-30-. The quantitative estimate of drug-likeness (QED) is 0.0261. The van der Waals surface area contributed by atoms with Crippen molar-refractivity contribution < 1.29 is 28.6 Å². The second kappa shape index (κ2) is 69.3. The van der Waals surface area contributed by atoms with E-state index in [1.54, 1.807) is 0 Å². The third-order valence-electron chi connectivity index (χ3n) is 14.7. The zero-order chi connectivity index (χ0) is 59.2. The molecule has 0 aliphatic heterocycles. The fourth-order valence-corrected chi connectivity index (χ4v) is 9.51. The van der Waals surface area contributed by atoms with E-state index < -0.39 is 6.10 Å². The second-order valence-corrected chi connectivity index (χ2v) is 22.7. The summed E-state index contributed by atoms with van der Waals surface area (Å²) < 4.78 is 17.0. The zero-order valence-corrected chi connectivity index (χ0v) is 53.7. The van der Waals surface area contributed by atoms with Gasteiger partial charge in [-0.25, -0.2) is 0 Å². The van der Waals surface area contributed by atoms with Crippen LogP contribution in [0.15, 0.2) is 122 Å². The van der Waals surface area contributed by atoms with Gasteiger partial charge in [0.15, 0.2) is 6.10 Å². The van der Waals surface area contributed by atoms with Crippen molar-refractivity contribution in [3.8, 4) is 0 Å². The lowest BCUT2D eigenvalue weighted by molar-refractivity contribution is -0.167. The molecule has 6 nitrogen and oxygen atoms in total. The van der Waals surface area contributed by atoms with E-state index in [-0.39, 0.29) is 31.1 Å². The Morgan fingerprint density at radius 3 is 0.756 bits per heavy atom. The minimum Gasteiger partial charge on any atom is -0.462 e. The summed E-state index contributed by atoms with van der Waals surface area (Å²) in [6.07, 6.45) is 96.3. The SMILES string of the molecule is CC/C=C\C/C=C\C/C=C\C/C=C\C/C=C\C/C=C\CCCCCCCCCCC(=O)OCC(COC(=O)CCCCCCC/C=C\CCCCCCCCC)OC(=O)CCCCCCCC/C=C\C/C=C\C/C=C\CCCCCCC. The topological polar surface area (TPSA) is 78.9 Å². The monoisotopic (exact) mass is 1140 g/mol. The van der Waals surface area contributed by atoms with E-state index in [1.165, 1.54) is 148 Å². The number of hydrogen-bond acceptors (Lipinski definition) is 6. The second-order valence-electron chi connectivity index (χ2n) is 22.7. The van der Waals surface area contributed by atoms with Gasteiger partial charge in [-0.3, -0.25) is 14.4 Å². The normalized spacial score (nSPS) is 12.9. The number of esters is 3. The number of carbonyl (C=O) groups excluding carboxylic acids is 3. The molecule has 0 heterocycles. The predicted molar refractivity (Wildman–Crippen MR) is 357 cm³/mol. The average molecular weight is 1140 g/mol. The number of allylic oxidation sites excluding steroid dienone is 20. The molecule has 0 saturated heterocycles. The molecule has 0 radical (unpaired) electrons. The van der Waals surface area contributed by atoms with Gasteiger partial charge < -0.3 is 14.2 Å². The van der Waals surface area contributed by atoms with Crippen LogP contribution in [0.1, 0.15) is 323 Å². The number of rotatable bonds is 62. The summed E-state index contributed by atoms with van der Waals surface area (Å²) in [5, 5.41) is 0. The van der Waals surface area contributed by atoms with E-state index in [0.29, 0.717) is 19.3 Å². The number of hydrogen-bond donors (Lipinski definition) is 0. The molecule has 0 aromatic carbocycles. The van der Waals surface area contributed by atoms with Crippen LogP contribution in [0.25, 0.3) is 0 Å². The molecule has 0 aromatic heterocycles. The molecule has 0 spiro atoms. The Balaban J connectivity index is 4.41. The molecule has 0 aliphatic rings. The first kappa shape index (κ1) is 77.8. The van der Waals surface area contributed by atoms with Gasteiger partial charge in [0, 0.05) is 19.3 Å². The molecule has 0 bridgehead atoms. The Labute approximate surface area is 507 Å². The van der Waals surface area contributed by atoms with Crippen LogP contribution in [0.4, 0.5) is 0 Å². The van der Waals surface area contributed by atoms with Crippen molar-refractivity contribution in [3.05, 3.63) is 122 Å². The maximum atomic E-state index is 13.0. The van der Waals surface area contributed by atoms with Crippen LogP contribution in [0.5, 0.6) is 0 Å². The van der Waals surface area contributed by atoms with Crippen molar-refractivity contribution in [3.63, 3.8) is 0 Å². The number of unbranched alkanes of at least 4 members (excludes halogenated alkanes) is 31. The van der Waals surface area contributed by atoms with Gasteiger partial charge in [-0.1, -0.05) is 290 Å². The van der Waals surface area contributed by atoms with Crippen molar-refractivity contribution in [1.29, 1.82) is 0 Å². The van der Waals surface area contributed by atoms with Crippen molar-refractivity contribution in [1.82, 2.24) is 0 Å². The van der Waals surface area contributed by atoms with E-state index in [1.807, 2.05) is 0 Å². The van der Waals surface area contributed by atoms with Crippen molar-refractivity contribution in [2.75, 3.05) is 13.2 Å². The summed E-state index contributed by atoms with van der Waals surface area (Å²) in [6, 6.07) is 0.